The van der Waals surface area contributed by atoms with E-state index in [0.717, 1.165) is 28.3 Å². The summed E-state index contributed by atoms with van der Waals surface area (Å²) in [6.45, 7) is 0. The number of nitrogens with zero attached hydrogens (tertiary/aromatic N) is 2. The first kappa shape index (κ1) is 30.8. The number of fused-ring (bicyclic) bond motifs is 4. The Morgan fingerprint density at radius 2 is 0.887 bits per heavy atom. The maximum absolute atomic E-state index is 5.21. The lowest BCUT2D eigenvalue weighted by Gasteiger charge is -2.25. The number of aliphatic imine (C=N–C) groups is 1. The summed E-state index contributed by atoms with van der Waals surface area (Å²) in [5, 5.41) is 8.63. The zero-order valence-electron chi connectivity index (χ0n) is 29.0. The van der Waals surface area contributed by atoms with Gasteiger partial charge in [-0.15, -0.1) is 0 Å². The molecule has 1 aromatic heterocycles. The Bertz CT molecular complexity index is 2770. The third kappa shape index (κ3) is 5.51. The molecule has 1 unspecified atom stereocenters. The van der Waals surface area contributed by atoms with Crippen LogP contribution in [0.5, 0.6) is 0 Å². The second-order valence-corrected chi connectivity index (χ2v) is 13.6. The lowest BCUT2D eigenvalue weighted by atomic mass is 9.91. The molecule has 10 rings (SSSR count). The van der Waals surface area contributed by atoms with Crippen LogP contribution < -0.4 is 5.32 Å². The minimum atomic E-state index is 0.000859. The summed E-state index contributed by atoms with van der Waals surface area (Å²) in [7, 11) is 0. The predicted molar refractivity (Wildman–Crippen MR) is 222 cm³/mol. The van der Waals surface area contributed by atoms with Crippen molar-refractivity contribution < 1.29 is 0 Å². The van der Waals surface area contributed by atoms with Gasteiger partial charge in [-0.3, -0.25) is 0 Å². The second-order valence-electron chi connectivity index (χ2n) is 13.6. The molecule has 1 aliphatic rings. The van der Waals surface area contributed by atoms with Crippen molar-refractivity contribution >= 4 is 44.1 Å². The van der Waals surface area contributed by atoms with E-state index in [-0.39, 0.29) is 6.04 Å². The van der Waals surface area contributed by atoms with Crippen molar-refractivity contribution in [3.05, 3.63) is 217 Å². The van der Waals surface area contributed by atoms with Gasteiger partial charge in [0.1, 0.15) is 5.84 Å². The minimum Gasteiger partial charge on any atom is -0.359 e. The van der Waals surface area contributed by atoms with Crippen LogP contribution in [0.2, 0.25) is 0 Å². The van der Waals surface area contributed by atoms with Crippen LogP contribution in [0.25, 0.3) is 66.2 Å². The lowest BCUT2D eigenvalue weighted by molar-refractivity contribution is 0.781. The Morgan fingerprint density at radius 3 is 1.53 bits per heavy atom. The molecule has 0 saturated carbocycles. The van der Waals surface area contributed by atoms with Crippen LogP contribution in [0, 0.1) is 0 Å². The molecule has 0 aliphatic carbocycles. The first-order chi connectivity index (χ1) is 26.3. The Balaban J connectivity index is 0.993. The number of nitrogens with one attached hydrogen (secondary N) is 1. The minimum absolute atomic E-state index is 0.000859. The van der Waals surface area contributed by atoms with Crippen molar-refractivity contribution in [1.82, 2.24) is 9.88 Å². The third-order valence-corrected chi connectivity index (χ3v) is 10.5. The fraction of sp³-hybridized carbons (Fsp3) is 0.0200. The highest BCUT2D eigenvalue weighted by atomic mass is 15.0. The summed E-state index contributed by atoms with van der Waals surface area (Å²) in [6.07, 6.45) is 2.25. The van der Waals surface area contributed by atoms with Gasteiger partial charge >= 0.3 is 0 Å². The van der Waals surface area contributed by atoms with Crippen molar-refractivity contribution in [2.75, 3.05) is 0 Å². The molecule has 0 amide bonds. The van der Waals surface area contributed by atoms with Gasteiger partial charge < -0.3 is 9.88 Å². The molecular formula is C50H35N3. The average molecular weight is 678 g/mol. The number of hydrogen-bond acceptors (Lipinski definition) is 2. The standard InChI is InChI=1S/C50H35N3/c1-3-13-37(14-4-1)46-33-47(52-50(51-46)38-15-5-2-6-16-38)43-32-31-40(41-17-7-8-18-42(41)43)36-25-23-34(24-26-36)35-27-29-39(30-28-35)53-48-21-11-9-19-44(48)45-20-10-12-22-49(45)53/h1-33,46H,(H,51,52). The molecule has 2 heterocycles. The first-order valence-electron chi connectivity index (χ1n) is 18.2. The van der Waals surface area contributed by atoms with Crippen LogP contribution in [-0.4, -0.2) is 10.4 Å². The maximum Gasteiger partial charge on any atom is 0.134 e. The van der Waals surface area contributed by atoms with Crippen LogP contribution >= 0.6 is 0 Å². The maximum atomic E-state index is 5.21. The highest BCUT2D eigenvalue weighted by Gasteiger charge is 2.21. The van der Waals surface area contributed by atoms with Gasteiger partial charge in [0.2, 0.25) is 0 Å². The van der Waals surface area contributed by atoms with E-state index in [9.17, 15) is 0 Å². The van der Waals surface area contributed by atoms with Crippen molar-refractivity contribution in [1.29, 1.82) is 0 Å². The molecule has 0 bridgehead atoms. The fourth-order valence-electron chi connectivity index (χ4n) is 7.89. The van der Waals surface area contributed by atoms with Crippen molar-refractivity contribution in [3.8, 4) is 27.9 Å². The Kier molecular flexibility index (Phi) is 7.54. The molecule has 1 aliphatic heterocycles. The summed E-state index contributed by atoms with van der Waals surface area (Å²) in [5.74, 6) is 0.879. The molecule has 1 atom stereocenters. The summed E-state index contributed by atoms with van der Waals surface area (Å²) >= 11 is 0. The van der Waals surface area contributed by atoms with E-state index in [4.69, 9.17) is 4.99 Å². The quantitative estimate of drug-likeness (QED) is 0.186. The summed E-state index contributed by atoms with van der Waals surface area (Å²) in [6, 6.07) is 69.4. The van der Waals surface area contributed by atoms with Gasteiger partial charge in [-0.2, -0.15) is 0 Å². The van der Waals surface area contributed by atoms with Crippen molar-refractivity contribution in [2.45, 2.75) is 6.04 Å². The third-order valence-electron chi connectivity index (χ3n) is 10.5. The van der Waals surface area contributed by atoms with E-state index >= 15 is 0 Å². The number of rotatable bonds is 6. The molecule has 0 radical (unpaired) electrons. The van der Waals surface area contributed by atoms with Crippen LogP contribution in [0.1, 0.15) is 22.7 Å². The van der Waals surface area contributed by atoms with Gasteiger partial charge in [-0.1, -0.05) is 170 Å². The molecule has 0 spiro atoms. The monoisotopic (exact) mass is 677 g/mol. The largest absolute Gasteiger partial charge is 0.359 e. The SMILES string of the molecule is C1=C(c2ccc(-c3ccc(-c4ccc(-n5c6ccccc6c6ccccc65)cc4)cc3)c3ccccc23)N=C(c2ccccc2)NC1c1ccccc1. The zero-order chi connectivity index (χ0) is 35.1. The molecule has 0 saturated heterocycles. The Morgan fingerprint density at radius 1 is 0.396 bits per heavy atom. The van der Waals surface area contributed by atoms with E-state index in [0.29, 0.717) is 0 Å². The van der Waals surface area contributed by atoms with Gasteiger partial charge in [0.05, 0.1) is 22.8 Å². The Hall–Kier alpha value is -6.97. The van der Waals surface area contributed by atoms with Crippen LogP contribution in [0.4, 0.5) is 0 Å². The van der Waals surface area contributed by atoms with Crippen LogP contribution in [0.3, 0.4) is 0 Å². The molecule has 250 valence electrons. The average Bonchev–Trinajstić information content (AvgIpc) is 3.58. The van der Waals surface area contributed by atoms with Crippen LogP contribution in [0.15, 0.2) is 205 Å². The number of aromatic nitrogens is 1. The van der Waals surface area contributed by atoms with Crippen molar-refractivity contribution in [3.63, 3.8) is 0 Å². The molecule has 3 heteroatoms. The van der Waals surface area contributed by atoms with E-state index in [1.54, 1.807) is 0 Å². The van der Waals surface area contributed by atoms with Gasteiger partial charge in [0.15, 0.2) is 0 Å². The highest BCUT2D eigenvalue weighted by molar-refractivity contribution is 6.10. The zero-order valence-corrected chi connectivity index (χ0v) is 29.0. The van der Waals surface area contributed by atoms with Crippen LogP contribution in [-0.2, 0) is 0 Å². The molecule has 53 heavy (non-hydrogen) atoms. The van der Waals surface area contributed by atoms with Gasteiger partial charge in [-0.25, -0.2) is 4.99 Å². The number of para-hydroxylation sites is 2. The topological polar surface area (TPSA) is 29.3 Å². The lowest BCUT2D eigenvalue weighted by Crippen LogP contribution is -2.31. The van der Waals surface area contributed by atoms with Crippen molar-refractivity contribution in [2.24, 2.45) is 4.99 Å². The van der Waals surface area contributed by atoms with E-state index in [1.807, 2.05) is 6.07 Å². The molecular weight excluding hydrogens is 643 g/mol. The fourth-order valence-corrected chi connectivity index (χ4v) is 7.89. The number of amidine groups is 1. The summed E-state index contributed by atoms with van der Waals surface area (Å²) < 4.78 is 2.36. The predicted octanol–water partition coefficient (Wildman–Crippen LogP) is 12.4. The second kappa shape index (κ2) is 13.0. The molecule has 0 fully saturated rings. The number of hydrogen-bond donors (Lipinski definition) is 1. The van der Waals surface area contributed by atoms with Gasteiger partial charge in [0.25, 0.3) is 0 Å². The van der Waals surface area contributed by atoms with E-state index < -0.39 is 0 Å². The normalized spacial score (nSPS) is 14.2. The van der Waals surface area contributed by atoms with E-state index in [2.05, 4.69) is 204 Å². The van der Waals surface area contributed by atoms with E-state index in [1.165, 1.54) is 60.4 Å². The first-order valence-corrected chi connectivity index (χ1v) is 18.2. The molecule has 1 N–H and O–H groups in total. The number of benzene rings is 8. The molecule has 3 nitrogen and oxygen atoms in total. The summed E-state index contributed by atoms with van der Waals surface area (Å²) in [5.41, 5.74) is 12.8. The summed E-state index contributed by atoms with van der Waals surface area (Å²) in [4.78, 5) is 5.21. The highest BCUT2D eigenvalue weighted by Crippen LogP contribution is 2.38. The van der Waals surface area contributed by atoms with Gasteiger partial charge in [-0.05, 0) is 68.9 Å². The van der Waals surface area contributed by atoms with Gasteiger partial charge in [0, 0.05) is 27.6 Å². The molecule has 8 aromatic carbocycles. The smallest absolute Gasteiger partial charge is 0.134 e. The molecule has 9 aromatic rings. The Labute approximate surface area is 308 Å².